The van der Waals surface area contributed by atoms with Crippen LogP contribution in [-0.4, -0.2) is 25.0 Å². The molecule has 0 radical (unpaired) electrons. The Morgan fingerprint density at radius 3 is 2.32 bits per heavy atom. The van der Waals surface area contributed by atoms with Crippen LogP contribution in [0, 0.1) is 11.8 Å². The van der Waals surface area contributed by atoms with Gasteiger partial charge in [0.25, 0.3) is 0 Å². The topological polar surface area (TPSA) is 67.4 Å². The molecule has 1 aliphatic carbocycles. The monoisotopic (exact) mass is 366 g/mol. The lowest BCUT2D eigenvalue weighted by molar-refractivity contribution is -0.129. The van der Waals surface area contributed by atoms with Crippen molar-refractivity contribution >= 4 is 29.1 Å². The maximum absolute atomic E-state index is 12.4. The summed E-state index contributed by atoms with van der Waals surface area (Å²) in [4.78, 5) is 24.6. The van der Waals surface area contributed by atoms with Crippen LogP contribution in [0.25, 0.3) is 0 Å². The molecule has 1 saturated carbocycles. The highest BCUT2D eigenvalue weighted by Gasteiger charge is 2.30. The molecule has 1 atom stereocenters. The number of hydrogen-bond acceptors (Lipinski definition) is 3. The van der Waals surface area contributed by atoms with E-state index in [9.17, 15) is 9.59 Å². The first-order valence-electron chi connectivity index (χ1n) is 8.89. The lowest BCUT2D eigenvalue weighted by atomic mass is 9.81. The van der Waals surface area contributed by atoms with Crippen molar-refractivity contribution in [2.45, 2.75) is 52.0 Å². The maximum Gasteiger partial charge on any atom is 0.227 e. The van der Waals surface area contributed by atoms with Gasteiger partial charge in [-0.3, -0.25) is 9.59 Å². The molecular formula is C19H27ClN2O3. The molecule has 2 N–H and O–H groups in total. The fourth-order valence-corrected chi connectivity index (χ4v) is 3.33. The molecule has 0 saturated heterocycles. The number of amides is 2. The van der Waals surface area contributed by atoms with Gasteiger partial charge in [0.15, 0.2) is 0 Å². The van der Waals surface area contributed by atoms with E-state index in [1.165, 1.54) is 0 Å². The number of hydrogen-bond donors (Lipinski definition) is 2. The fourth-order valence-electron chi connectivity index (χ4n) is 3.07. The van der Waals surface area contributed by atoms with Crippen molar-refractivity contribution in [1.29, 1.82) is 0 Å². The second kappa shape index (κ2) is 9.09. The molecule has 138 valence electrons. The number of halogens is 1. The summed E-state index contributed by atoms with van der Waals surface area (Å²) < 4.78 is 5.11. The molecule has 6 heteroatoms. The fraction of sp³-hybridized carbons (Fsp3) is 0.579. The number of rotatable bonds is 6. The molecule has 0 bridgehead atoms. The van der Waals surface area contributed by atoms with Crippen molar-refractivity contribution in [1.82, 2.24) is 5.32 Å². The number of nitrogens with one attached hydrogen (secondary N) is 2. The molecule has 0 spiro atoms. The van der Waals surface area contributed by atoms with E-state index < -0.39 is 0 Å². The van der Waals surface area contributed by atoms with Gasteiger partial charge < -0.3 is 15.4 Å². The van der Waals surface area contributed by atoms with Crippen LogP contribution in [0.5, 0.6) is 5.75 Å². The minimum absolute atomic E-state index is 0.0120. The summed E-state index contributed by atoms with van der Waals surface area (Å²) in [5.41, 5.74) is 0.660. The van der Waals surface area contributed by atoms with E-state index in [0.29, 0.717) is 16.5 Å². The Balaban J connectivity index is 1.85. The van der Waals surface area contributed by atoms with Gasteiger partial charge in [0.05, 0.1) is 12.1 Å². The van der Waals surface area contributed by atoms with Crippen molar-refractivity contribution in [3.8, 4) is 5.75 Å². The standard InChI is InChI=1S/C19H27ClN2O3/c1-4-12(2)21-18(23)13-5-7-14(8-6-13)19(24)22-15-9-10-17(25-3)16(20)11-15/h9-14H,4-8H2,1-3H3,(H,21,23)(H,22,24). The van der Waals surface area contributed by atoms with Gasteiger partial charge in [0.1, 0.15) is 5.75 Å². The van der Waals surface area contributed by atoms with E-state index in [-0.39, 0.29) is 29.7 Å². The Kier molecular flexibility index (Phi) is 7.12. The largest absolute Gasteiger partial charge is 0.495 e. The molecular weight excluding hydrogens is 340 g/mol. The Hall–Kier alpha value is -1.75. The molecule has 5 nitrogen and oxygen atoms in total. The first-order chi connectivity index (χ1) is 11.9. The quantitative estimate of drug-likeness (QED) is 0.799. The van der Waals surface area contributed by atoms with Crippen molar-refractivity contribution in [3.05, 3.63) is 23.2 Å². The zero-order valence-electron chi connectivity index (χ0n) is 15.1. The summed E-state index contributed by atoms with van der Waals surface area (Å²) in [6, 6.07) is 5.39. The predicted molar refractivity (Wildman–Crippen MR) is 100.0 cm³/mol. The molecule has 2 amide bonds. The minimum Gasteiger partial charge on any atom is -0.495 e. The molecule has 0 aliphatic heterocycles. The van der Waals surface area contributed by atoms with Crippen LogP contribution in [0.2, 0.25) is 5.02 Å². The first kappa shape index (κ1) is 19.6. The summed E-state index contributed by atoms with van der Waals surface area (Å²) in [6.07, 6.45) is 3.89. The Morgan fingerprint density at radius 2 is 1.80 bits per heavy atom. The summed E-state index contributed by atoms with van der Waals surface area (Å²) in [5.74, 6) is 0.645. The second-order valence-corrected chi connectivity index (χ2v) is 7.11. The number of benzene rings is 1. The molecule has 1 aromatic rings. The van der Waals surface area contributed by atoms with Crippen LogP contribution in [-0.2, 0) is 9.59 Å². The molecule has 1 aromatic carbocycles. The number of ether oxygens (including phenoxy) is 1. The van der Waals surface area contributed by atoms with Crippen LogP contribution in [0.15, 0.2) is 18.2 Å². The van der Waals surface area contributed by atoms with Crippen molar-refractivity contribution in [3.63, 3.8) is 0 Å². The molecule has 0 aromatic heterocycles. The number of carbonyl (C=O) groups excluding carboxylic acids is 2. The summed E-state index contributed by atoms with van der Waals surface area (Å²) in [5, 5.41) is 6.41. The SMILES string of the molecule is CCC(C)NC(=O)C1CCC(C(=O)Nc2ccc(OC)c(Cl)c2)CC1. The van der Waals surface area contributed by atoms with Gasteiger partial charge in [-0.05, 0) is 57.2 Å². The van der Waals surface area contributed by atoms with E-state index >= 15 is 0 Å². The molecule has 25 heavy (non-hydrogen) atoms. The van der Waals surface area contributed by atoms with E-state index in [1.807, 2.05) is 6.92 Å². The van der Waals surface area contributed by atoms with Crippen LogP contribution in [0.3, 0.4) is 0 Å². The van der Waals surface area contributed by atoms with Gasteiger partial charge in [-0.25, -0.2) is 0 Å². The van der Waals surface area contributed by atoms with Crippen molar-refractivity contribution < 1.29 is 14.3 Å². The van der Waals surface area contributed by atoms with E-state index in [2.05, 4.69) is 17.6 Å². The zero-order chi connectivity index (χ0) is 18.4. The molecule has 2 rings (SSSR count). The highest BCUT2D eigenvalue weighted by molar-refractivity contribution is 6.32. The predicted octanol–water partition coefficient (Wildman–Crippen LogP) is 4.01. The average Bonchev–Trinajstić information content (AvgIpc) is 2.61. The van der Waals surface area contributed by atoms with Crippen molar-refractivity contribution in [2.24, 2.45) is 11.8 Å². The summed E-state index contributed by atoms with van der Waals surface area (Å²) in [6.45, 7) is 4.06. The highest BCUT2D eigenvalue weighted by Crippen LogP contribution is 2.31. The van der Waals surface area contributed by atoms with Gasteiger partial charge in [-0.15, -0.1) is 0 Å². The average molecular weight is 367 g/mol. The van der Waals surface area contributed by atoms with Crippen LogP contribution in [0.4, 0.5) is 5.69 Å². The normalized spacial score (nSPS) is 21.3. The molecule has 1 unspecified atom stereocenters. The van der Waals surface area contributed by atoms with E-state index in [1.54, 1.807) is 25.3 Å². The maximum atomic E-state index is 12.4. The van der Waals surface area contributed by atoms with Crippen LogP contribution >= 0.6 is 11.6 Å². The third kappa shape index (κ3) is 5.36. The molecule has 1 fully saturated rings. The van der Waals surface area contributed by atoms with E-state index in [4.69, 9.17) is 16.3 Å². The second-order valence-electron chi connectivity index (χ2n) is 6.71. The van der Waals surface area contributed by atoms with Crippen LogP contribution < -0.4 is 15.4 Å². The Morgan fingerprint density at radius 1 is 1.20 bits per heavy atom. The van der Waals surface area contributed by atoms with Crippen LogP contribution in [0.1, 0.15) is 46.0 Å². The van der Waals surface area contributed by atoms with Crippen molar-refractivity contribution in [2.75, 3.05) is 12.4 Å². The van der Waals surface area contributed by atoms with E-state index in [0.717, 1.165) is 32.1 Å². The van der Waals surface area contributed by atoms with Gasteiger partial charge in [0.2, 0.25) is 11.8 Å². The molecule has 1 aliphatic rings. The minimum atomic E-state index is -0.0616. The number of anilines is 1. The summed E-state index contributed by atoms with van der Waals surface area (Å²) >= 11 is 6.09. The van der Waals surface area contributed by atoms with Gasteiger partial charge in [-0.1, -0.05) is 18.5 Å². The smallest absolute Gasteiger partial charge is 0.227 e. The number of carbonyl (C=O) groups is 2. The lowest BCUT2D eigenvalue weighted by Gasteiger charge is -2.28. The zero-order valence-corrected chi connectivity index (χ0v) is 15.9. The Bertz CT molecular complexity index is 613. The lowest BCUT2D eigenvalue weighted by Crippen LogP contribution is -2.39. The third-order valence-electron chi connectivity index (χ3n) is 4.89. The van der Waals surface area contributed by atoms with Gasteiger partial charge in [-0.2, -0.15) is 0 Å². The van der Waals surface area contributed by atoms with Gasteiger partial charge >= 0.3 is 0 Å². The highest BCUT2D eigenvalue weighted by atomic mass is 35.5. The first-order valence-corrected chi connectivity index (χ1v) is 9.27. The summed E-state index contributed by atoms with van der Waals surface area (Å²) in [7, 11) is 1.55. The third-order valence-corrected chi connectivity index (χ3v) is 5.18. The number of methoxy groups -OCH3 is 1. The van der Waals surface area contributed by atoms with Gasteiger partial charge in [0, 0.05) is 23.6 Å². The molecule has 0 heterocycles. The Labute approximate surface area is 154 Å².